The summed E-state index contributed by atoms with van der Waals surface area (Å²) in [5, 5.41) is 3.55. The van der Waals surface area contributed by atoms with Crippen LogP contribution in [0.5, 0.6) is 0 Å². The minimum absolute atomic E-state index is 0.0965. The molecule has 1 unspecified atom stereocenters. The minimum Gasteiger partial charge on any atom is -0.467 e. The maximum Gasteiger partial charge on any atom is 0.331 e. The summed E-state index contributed by atoms with van der Waals surface area (Å²) in [7, 11) is 1.47. The van der Waals surface area contributed by atoms with Crippen molar-refractivity contribution in [2.75, 3.05) is 12.9 Å². The van der Waals surface area contributed by atoms with E-state index in [1.807, 2.05) is 30.3 Å². The van der Waals surface area contributed by atoms with E-state index >= 15 is 0 Å². The molecule has 0 saturated heterocycles. The van der Waals surface area contributed by atoms with Crippen LogP contribution in [0.2, 0.25) is 0 Å². The zero-order valence-electron chi connectivity index (χ0n) is 13.3. The van der Waals surface area contributed by atoms with Gasteiger partial charge in [0.15, 0.2) is 5.54 Å². The molecule has 0 amide bonds. The van der Waals surface area contributed by atoms with Crippen molar-refractivity contribution in [2.45, 2.75) is 49.9 Å². The van der Waals surface area contributed by atoms with E-state index in [4.69, 9.17) is 4.74 Å². The van der Waals surface area contributed by atoms with E-state index in [2.05, 4.69) is 26.1 Å². The van der Waals surface area contributed by atoms with Gasteiger partial charge in [0.25, 0.3) is 0 Å². The molecule has 21 heavy (non-hydrogen) atoms. The van der Waals surface area contributed by atoms with Gasteiger partial charge in [-0.3, -0.25) is 5.32 Å². The van der Waals surface area contributed by atoms with Crippen molar-refractivity contribution in [3.05, 3.63) is 35.9 Å². The molecule has 1 saturated carbocycles. The molecule has 1 N–H and O–H groups in total. The van der Waals surface area contributed by atoms with Crippen LogP contribution in [0, 0.1) is 0 Å². The van der Waals surface area contributed by atoms with E-state index in [0.29, 0.717) is 11.8 Å². The van der Waals surface area contributed by atoms with Crippen molar-refractivity contribution in [3.8, 4) is 0 Å². The smallest absolute Gasteiger partial charge is 0.331 e. The van der Waals surface area contributed by atoms with Crippen molar-refractivity contribution >= 4 is 17.7 Å². The van der Waals surface area contributed by atoms with E-state index in [1.165, 1.54) is 7.11 Å². The number of benzene rings is 1. The Labute approximate surface area is 131 Å². The third-order valence-corrected chi connectivity index (χ3v) is 4.99. The lowest BCUT2D eigenvalue weighted by atomic mass is 9.91. The molecule has 0 aliphatic heterocycles. The van der Waals surface area contributed by atoms with Crippen LogP contribution in [-0.2, 0) is 15.1 Å². The first-order valence-corrected chi connectivity index (χ1v) is 8.41. The van der Waals surface area contributed by atoms with Crippen molar-refractivity contribution in [1.29, 1.82) is 0 Å². The minimum atomic E-state index is -0.755. The number of rotatable bonds is 6. The molecule has 1 aliphatic carbocycles. The van der Waals surface area contributed by atoms with Crippen LogP contribution in [0.4, 0.5) is 0 Å². The normalized spacial score (nSPS) is 18.1. The number of ether oxygens (including phenoxy) is 1. The molecule has 4 heteroatoms. The lowest BCUT2D eigenvalue weighted by molar-refractivity contribution is -0.148. The van der Waals surface area contributed by atoms with E-state index in [-0.39, 0.29) is 10.7 Å². The Bertz CT molecular complexity index is 479. The summed E-state index contributed by atoms with van der Waals surface area (Å²) in [6, 6.07) is 10.4. The molecule has 1 aromatic carbocycles. The van der Waals surface area contributed by atoms with E-state index in [9.17, 15) is 4.79 Å². The first-order valence-electron chi connectivity index (χ1n) is 7.43. The van der Waals surface area contributed by atoms with Gasteiger partial charge in [0.05, 0.1) is 7.11 Å². The number of thioether (sulfide) groups is 1. The Morgan fingerprint density at radius 1 is 1.29 bits per heavy atom. The van der Waals surface area contributed by atoms with Gasteiger partial charge in [-0.25, -0.2) is 4.79 Å². The summed E-state index contributed by atoms with van der Waals surface area (Å²) in [5.74, 6) is 0.473. The Balaban J connectivity index is 2.35. The number of methoxy groups -OCH3 is 1. The Morgan fingerprint density at radius 3 is 2.38 bits per heavy atom. The summed E-state index contributed by atoms with van der Waals surface area (Å²) in [4.78, 5) is 12.6. The molecule has 2 rings (SSSR count). The second kappa shape index (κ2) is 6.41. The molecular formula is C17H25NO2S. The van der Waals surface area contributed by atoms with Gasteiger partial charge >= 0.3 is 5.97 Å². The molecule has 0 radical (unpaired) electrons. The SMILES string of the molecule is COC(=O)C(CSC(C)(C)C)(NC1CC1)c1ccccc1. The number of hydrogen-bond acceptors (Lipinski definition) is 4. The molecule has 0 spiro atoms. The maximum atomic E-state index is 12.6. The molecule has 1 aromatic rings. The van der Waals surface area contributed by atoms with Crippen molar-refractivity contribution < 1.29 is 9.53 Å². The average Bonchev–Trinajstić information content (AvgIpc) is 3.26. The number of carbonyl (C=O) groups excluding carboxylic acids is 1. The predicted octanol–water partition coefficient (Wildman–Crippen LogP) is 3.34. The Hall–Kier alpha value is -1.00. The monoisotopic (exact) mass is 307 g/mol. The molecule has 0 aromatic heterocycles. The third-order valence-electron chi connectivity index (χ3n) is 3.55. The van der Waals surface area contributed by atoms with E-state index in [0.717, 1.165) is 18.4 Å². The predicted molar refractivity (Wildman–Crippen MR) is 88.5 cm³/mol. The van der Waals surface area contributed by atoms with Crippen LogP contribution >= 0.6 is 11.8 Å². The highest BCUT2D eigenvalue weighted by Gasteiger charge is 2.45. The standard InChI is InChI=1S/C17H25NO2S/c1-16(2,3)21-12-17(15(19)20-4,18-14-10-11-14)13-8-6-5-7-9-13/h5-9,14,18H,10-12H2,1-4H3. The number of nitrogens with one attached hydrogen (secondary N) is 1. The van der Waals surface area contributed by atoms with Gasteiger partial charge in [0.2, 0.25) is 0 Å². The summed E-state index contributed by atoms with van der Waals surface area (Å²) in [6.07, 6.45) is 2.26. The quantitative estimate of drug-likeness (QED) is 0.818. The largest absolute Gasteiger partial charge is 0.467 e. The lowest BCUT2D eigenvalue weighted by Crippen LogP contribution is -2.53. The number of carbonyl (C=O) groups is 1. The fraction of sp³-hybridized carbons (Fsp3) is 0.588. The van der Waals surface area contributed by atoms with Crippen LogP contribution in [0.25, 0.3) is 0 Å². The van der Waals surface area contributed by atoms with Crippen LogP contribution in [0.3, 0.4) is 0 Å². The van der Waals surface area contributed by atoms with Gasteiger partial charge in [-0.1, -0.05) is 51.1 Å². The molecule has 3 nitrogen and oxygen atoms in total. The molecule has 1 aliphatic rings. The zero-order valence-corrected chi connectivity index (χ0v) is 14.1. The molecule has 1 fully saturated rings. The topological polar surface area (TPSA) is 38.3 Å². The number of hydrogen-bond donors (Lipinski definition) is 1. The van der Waals surface area contributed by atoms with Crippen molar-refractivity contribution in [1.82, 2.24) is 5.32 Å². The van der Waals surface area contributed by atoms with Gasteiger partial charge in [0, 0.05) is 16.5 Å². The molecular weight excluding hydrogens is 282 g/mol. The van der Waals surface area contributed by atoms with Crippen LogP contribution in [0.1, 0.15) is 39.2 Å². The molecule has 0 bridgehead atoms. The van der Waals surface area contributed by atoms with Gasteiger partial charge < -0.3 is 4.74 Å². The van der Waals surface area contributed by atoms with Gasteiger partial charge in [-0.2, -0.15) is 11.8 Å². The van der Waals surface area contributed by atoms with Crippen LogP contribution < -0.4 is 5.32 Å². The molecule has 116 valence electrons. The Kier molecular flexibility index (Phi) is 4.99. The van der Waals surface area contributed by atoms with Crippen LogP contribution in [-0.4, -0.2) is 29.6 Å². The third kappa shape index (κ3) is 4.24. The van der Waals surface area contributed by atoms with Crippen molar-refractivity contribution in [3.63, 3.8) is 0 Å². The summed E-state index contributed by atoms with van der Waals surface area (Å²) in [6.45, 7) is 6.51. The maximum absolute atomic E-state index is 12.6. The van der Waals surface area contributed by atoms with Gasteiger partial charge in [0.1, 0.15) is 0 Å². The van der Waals surface area contributed by atoms with Crippen LogP contribution in [0.15, 0.2) is 30.3 Å². The van der Waals surface area contributed by atoms with E-state index in [1.54, 1.807) is 11.8 Å². The van der Waals surface area contributed by atoms with E-state index < -0.39 is 5.54 Å². The fourth-order valence-electron chi connectivity index (χ4n) is 2.24. The zero-order chi connectivity index (χ0) is 15.5. The summed E-state index contributed by atoms with van der Waals surface area (Å²) < 4.78 is 5.25. The summed E-state index contributed by atoms with van der Waals surface area (Å²) in [5.41, 5.74) is 0.232. The lowest BCUT2D eigenvalue weighted by Gasteiger charge is -2.34. The second-order valence-electron chi connectivity index (χ2n) is 6.58. The highest BCUT2D eigenvalue weighted by molar-refractivity contribution is 8.00. The van der Waals surface area contributed by atoms with Gasteiger partial charge in [-0.05, 0) is 18.4 Å². The van der Waals surface area contributed by atoms with Crippen molar-refractivity contribution in [2.24, 2.45) is 0 Å². The van der Waals surface area contributed by atoms with Gasteiger partial charge in [-0.15, -0.1) is 0 Å². The average molecular weight is 307 g/mol. The highest BCUT2D eigenvalue weighted by Crippen LogP contribution is 2.36. The summed E-state index contributed by atoms with van der Waals surface area (Å²) >= 11 is 1.79. The Morgan fingerprint density at radius 2 is 1.90 bits per heavy atom. The number of esters is 1. The molecule has 1 atom stereocenters. The molecule has 0 heterocycles. The second-order valence-corrected chi connectivity index (χ2v) is 8.38. The first-order chi connectivity index (χ1) is 9.87. The highest BCUT2D eigenvalue weighted by atomic mass is 32.2. The fourth-order valence-corrected chi connectivity index (χ4v) is 3.26. The first kappa shape index (κ1) is 16.4.